The number of hydrogen-bond donors (Lipinski definition) is 2. The zero-order valence-corrected chi connectivity index (χ0v) is 10.3. The molecule has 2 unspecified atom stereocenters. The predicted octanol–water partition coefficient (Wildman–Crippen LogP) is 2.35. The molecule has 1 aliphatic heterocycles. The van der Waals surface area contributed by atoms with E-state index in [1.54, 1.807) is 6.07 Å². The van der Waals surface area contributed by atoms with Crippen LogP contribution < -0.4 is 10.6 Å². The first-order chi connectivity index (χ1) is 8.65. The number of nitrogens with zero attached hydrogens (tertiary/aromatic N) is 1. The Bertz CT molecular complexity index is 474. The number of halogens is 1. The second-order valence-corrected chi connectivity index (χ2v) is 5.43. The summed E-state index contributed by atoms with van der Waals surface area (Å²) in [4.78, 5) is 2.27. The van der Waals surface area contributed by atoms with Crippen LogP contribution in [0.5, 0.6) is 0 Å². The third-order valence-electron chi connectivity index (χ3n) is 4.32. The van der Waals surface area contributed by atoms with Crippen molar-refractivity contribution >= 4 is 11.5 Å². The molecule has 3 rings (SSSR count). The highest BCUT2D eigenvalue weighted by atomic mass is 19.1. The first-order valence-electron chi connectivity index (χ1n) is 6.54. The van der Waals surface area contributed by atoms with Crippen molar-refractivity contribution in [1.82, 2.24) is 0 Å². The quantitative estimate of drug-likeness (QED) is 0.622. The van der Waals surface area contributed by atoms with Crippen LogP contribution in [0.15, 0.2) is 18.2 Å². The fourth-order valence-electron chi connectivity index (χ4n) is 3.43. The summed E-state index contributed by atoms with van der Waals surface area (Å²) in [6.07, 6.45) is 3.95. The van der Waals surface area contributed by atoms with E-state index in [2.05, 4.69) is 4.90 Å². The third-order valence-corrected chi connectivity index (χ3v) is 4.32. The van der Waals surface area contributed by atoms with Crippen LogP contribution in [0.3, 0.4) is 0 Å². The minimum Gasteiger partial charge on any atom is -0.384 e. The Morgan fingerprint density at radius 3 is 2.56 bits per heavy atom. The average molecular weight is 247 g/mol. The standard InChI is InChI=1S/C14H18FN3/c15-11-4-5-13(12(6-11)14(16)17)18-7-9-2-1-3-10(9)8-18/h4-6,9-10H,1-3,7-8H2,(H3,16,17). The van der Waals surface area contributed by atoms with Gasteiger partial charge in [-0.05, 0) is 42.9 Å². The number of benzene rings is 1. The molecule has 4 heteroatoms. The van der Waals surface area contributed by atoms with Gasteiger partial charge in [0, 0.05) is 24.3 Å². The highest BCUT2D eigenvalue weighted by molar-refractivity contribution is 6.00. The van der Waals surface area contributed by atoms with Crippen LogP contribution in [-0.4, -0.2) is 18.9 Å². The predicted molar refractivity (Wildman–Crippen MR) is 70.5 cm³/mol. The van der Waals surface area contributed by atoms with Gasteiger partial charge in [0.25, 0.3) is 0 Å². The lowest BCUT2D eigenvalue weighted by molar-refractivity contribution is 0.494. The normalized spacial score (nSPS) is 26.4. The van der Waals surface area contributed by atoms with Crippen molar-refractivity contribution < 1.29 is 4.39 Å². The molecule has 0 bridgehead atoms. The lowest BCUT2D eigenvalue weighted by atomic mass is 10.0. The molecule has 0 aromatic heterocycles. The van der Waals surface area contributed by atoms with Gasteiger partial charge in [-0.3, -0.25) is 5.41 Å². The second-order valence-electron chi connectivity index (χ2n) is 5.43. The maximum Gasteiger partial charge on any atom is 0.125 e. The van der Waals surface area contributed by atoms with Gasteiger partial charge in [0.2, 0.25) is 0 Å². The fourth-order valence-corrected chi connectivity index (χ4v) is 3.43. The van der Waals surface area contributed by atoms with E-state index in [1.165, 1.54) is 31.4 Å². The molecule has 3 N–H and O–H groups in total. The van der Waals surface area contributed by atoms with Gasteiger partial charge in [-0.15, -0.1) is 0 Å². The lowest BCUT2D eigenvalue weighted by Crippen LogP contribution is -2.25. The van der Waals surface area contributed by atoms with Crippen molar-refractivity contribution in [3.05, 3.63) is 29.6 Å². The summed E-state index contributed by atoms with van der Waals surface area (Å²) in [6.45, 7) is 2.05. The molecule has 2 aliphatic rings. The van der Waals surface area contributed by atoms with Crippen LogP contribution >= 0.6 is 0 Å². The zero-order valence-electron chi connectivity index (χ0n) is 10.3. The van der Waals surface area contributed by atoms with E-state index >= 15 is 0 Å². The average Bonchev–Trinajstić information content (AvgIpc) is 2.88. The maximum atomic E-state index is 13.3. The second kappa shape index (κ2) is 4.26. The van der Waals surface area contributed by atoms with Crippen molar-refractivity contribution in [2.75, 3.05) is 18.0 Å². The largest absolute Gasteiger partial charge is 0.384 e. The van der Waals surface area contributed by atoms with E-state index in [0.717, 1.165) is 30.6 Å². The van der Waals surface area contributed by atoms with Crippen LogP contribution in [0.2, 0.25) is 0 Å². The number of anilines is 1. The number of nitrogens with two attached hydrogens (primary N) is 1. The first-order valence-corrected chi connectivity index (χ1v) is 6.54. The molecule has 1 saturated heterocycles. The number of fused-ring (bicyclic) bond motifs is 1. The van der Waals surface area contributed by atoms with Crippen molar-refractivity contribution in [2.45, 2.75) is 19.3 Å². The number of amidine groups is 1. The zero-order chi connectivity index (χ0) is 12.7. The highest BCUT2D eigenvalue weighted by Gasteiger charge is 2.36. The fraction of sp³-hybridized carbons (Fsp3) is 0.500. The third kappa shape index (κ3) is 1.85. The minimum atomic E-state index is -0.330. The van der Waals surface area contributed by atoms with Crippen molar-refractivity contribution in [3.8, 4) is 0 Å². The Hall–Kier alpha value is -1.58. The Kier molecular flexibility index (Phi) is 2.73. The van der Waals surface area contributed by atoms with E-state index < -0.39 is 0 Å². The number of nitrogen functional groups attached to an aromatic ring is 1. The molecule has 2 fully saturated rings. The topological polar surface area (TPSA) is 53.1 Å². The smallest absolute Gasteiger partial charge is 0.125 e. The number of hydrogen-bond acceptors (Lipinski definition) is 2. The first kappa shape index (κ1) is 11.5. The van der Waals surface area contributed by atoms with E-state index in [1.807, 2.05) is 0 Å². The lowest BCUT2D eigenvalue weighted by Gasteiger charge is -2.22. The monoisotopic (exact) mass is 247 g/mol. The van der Waals surface area contributed by atoms with Gasteiger partial charge in [-0.25, -0.2) is 4.39 Å². The molecule has 0 spiro atoms. The van der Waals surface area contributed by atoms with Gasteiger partial charge in [0.15, 0.2) is 0 Å². The molecular formula is C14H18FN3. The van der Waals surface area contributed by atoms with Crippen LogP contribution in [-0.2, 0) is 0 Å². The molecule has 1 aromatic carbocycles. The summed E-state index contributed by atoms with van der Waals surface area (Å²) >= 11 is 0. The van der Waals surface area contributed by atoms with E-state index in [4.69, 9.17) is 11.1 Å². The summed E-state index contributed by atoms with van der Waals surface area (Å²) in [5, 5.41) is 7.58. The molecule has 1 saturated carbocycles. The van der Waals surface area contributed by atoms with Gasteiger partial charge in [0.05, 0.1) is 0 Å². The Morgan fingerprint density at radius 1 is 1.28 bits per heavy atom. The molecule has 3 nitrogen and oxygen atoms in total. The van der Waals surface area contributed by atoms with Gasteiger partial charge in [-0.2, -0.15) is 0 Å². The highest BCUT2D eigenvalue weighted by Crippen LogP contribution is 2.40. The number of nitrogens with one attached hydrogen (secondary N) is 1. The summed E-state index contributed by atoms with van der Waals surface area (Å²) in [7, 11) is 0. The molecule has 0 amide bonds. The minimum absolute atomic E-state index is 0.0541. The van der Waals surface area contributed by atoms with Crippen molar-refractivity contribution in [3.63, 3.8) is 0 Å². The summed E-state index contributed by atoms with van der Waals surface area (Å²) in [6, 6.07) is 4.58. The van der Waals surface area contributed by atoms with Crippen LogP contribution in [0.1, 0.15) is 24.8 Å². The number of rotatable bonds is 2. The van der Waals surface area contributed by atoms with Crippen LogP contribution in [0.4, 0.5) is 10.1 Å². The SMILES string of the molecule is N=C(N)c1cc(F)ccc1N1CC2CCCC2C1. The van der Waals surface area contributed by atoms with E-state index in [0.29, 0.717) is 5.56 Å². The molecule has 2 atom stereocenters. The van der Waals surface area contributed by atoms with Gasteiger partial charge < -0.3 is 10.6 Å². The Balaban J connectivity index is 1.90. The van der Waals surface area contributed by atoms with E-state index in [9.17, 15) is 4.39 Å². The maximum absolute atomic E-state index is 13.3. The van der Waals surface area contributed by atoms with E-state index in [-0.39, 0.29) is 11.7 Å². The van der Waals surface area contributed by atoms with Crippen LogP contribution in [0, 0.1) is 23.1 Å². The van der Waals surface area contributed by atoms with Crippen molar-refractivity contribution in [2.24, 2.45) is 17.6 Å². The van der Waals surface area contributed by atoms with Gasteiger partial charge >= 0.3 is 0 Å². The molecule has 18 heavy (non-hydrogen) atoms. The van der Waals surface area contributed by atoms with Gasteiger partial charge in [-0.1, -0.05) is 6.42 Å². The summed E-state index contributed by atoms with van der Waals surface area (Å²) in [5.74, 6) is 1.16. The van der Waals surface area contributed by atoms with Crippen molar-refractivity contribution in [1.29, 1.82) is 5.41 Å². The van der Waals surface area contributed by atoms with Crippen LogP contribution in [0.25, 0.3) is 0 Å². The molecule has 96 valence electrons. The molecule has 1 aliphatic carbocycles. The Morgan fingerprint density at radius 2 is 1.94 bits per heavy atom. The Labute approximate surface area is 106 Å². The molecule has 0 radical (unpaired) electrons. The summed E-state index contributed by atoms with van der Waals surface area (Å²) in [5.41, 5.74) is 7.00. The molecule has 1 heterocycles. The molecular weight excluding hydrogens is 229 g/mol. The van der Waals surface area contributed by atoms with Gasteiger partial charge in [0.1, 0.15) is 11.7 Å². The molecule has 1 aromatic rings. The summed E-state index contributed by atoms with van der Waals surface area (Å²) < 4.78 is 13.3.